The van der Waals surface area contributed by atoms with Crippen molar-refractivity contribution in [3.8, 4) is 0 Å². The van der Waals surface area contributed by atoms with Gasteiger partial charge in [0.1, 0.15) is 0 Å². The van der Waals surface area contributed by atoms with Crippen LogP contribution < -0.4 is 5.32 Å². The average molecular weight is 269 g/mol. The van der Waals surface area contributed by atoms with Crippen molar-refractivity contribution in [1.82, 2.24) is 15.1 Å². The summed E-state index contributed by atoms with van der Waals surface area (Å²) < 4.78 is 0. The highest BCUT2D eigenvalue weighted by atomic mass is 16.2. The van der Waals surface area contributed by atoms with Crippen molar-refractivity contribution in [1.29, 1.82) is 0 Å². The van der Waals surface area contributed by atoms with Gasteiger partial charge in [-0.05, 0) is 32.5 Å². The highest BCUT2D eigenvalue weighted by Gasteiger charge is 2.28. The van der Waals surface area contributed by atoms with E-state index >= 15 is 0 Å². The quantitative estimate of drug-likeness (QED) is 0.826. The second kappa shape index (κ2) is 9.32. The molecule has 0 atom stereocenters. The molecule has 2 fully saturated rings. The smallest absolute Gasteiger partial charge is 0.225 e. The summed E-state index contributed by atoms with van der Waals surface area (Å²) in [5.74, 6) is 0.693. The summed E-state index contributed by atoms with van der Waals surface area (Å²) in [6.07, 6.45) is 3.35. The van der Waals surface area contributed by atoms with Gasteiger partial charge in [0.15, 0.2) is 0 Å². The van der Waals surface area contributed by atoms with E-state index in [-0.39, 0.29) is 0 Å². The third kappa shape index (κ3) is 5.49. The average Bonchev–Trinajstić information content (AvgIpc) is 2.48. The molecule has 0 aromatic heterocycles. The van der Waals surface area contributed by atoms with E-state index in [9.17, 15) is 4.79 Å². The molecule has 0 aromatic rings. The van der Waals surface area contributed by atoms with Gasteiger partial charge in [0.25, 0.3) is 0 Å². The van der Waals surface area contributed by atoms with E-state index < -0.39 is 0 Å². The maximum absolute atomic E-state index is 12.2. The van der Waals surface area contributed by atoms with Crippen LogP contribution in [0.15, 0.2) is 0 Å². The minimum absolute atomic E-state index is 0.292. The molecule has 2 rings (SSSR count). The maximum Gasteiger partial charge on any atom is 0.225 e. The molecular formula is C15H31N3O. The van der Waals surface area contributed by atoms with E-state index in [2.05, 4.69) is 31.0 Å². The molecule has 4 heteroatoms. The molecule has 1 N–H and O–H groups in total. The van der Waals surface area contributed by atoms with Crippen molar-refractivity contribution >= 4 is 5.91 Å². The Morgan fingerprint density at radius 1 is 1.05 bits per heavy atom. The fourth-order valence-corrected chi connectivity index (χ4v) is 2.64. The van der Waals surface area contributed by atoms with Crippen LogP contribution in [-0.4, -0.2) is 61.5 Å². The molecule has 0 aliphatic carbocycles. The number of likely N-dealkylation sites (tertiary alicyclic amines) is 1. The lowest BCUT2D eigenvalue weighted by Crippen LogP contribution is -2.50. The van der Waals surface area contributed by atoms with Crippen molar-refractivity contribution in [2.45, 2.75) is 40.0 Å². The molecule has 0 radical (unpaired) electrons. The standard InChI is InChI=1S/C12H23N3O.C3H8/c1-2-14-7-3-11(4-8-14)12(16)15-9-5-13-6-10-15;1-3-2/h11,13H,2-10H2,1H3;3H2,1-2H3. The summed E-state index contributed by atoms with van der Waals surface area (Å²) in [5, 5.41) is 3.29. The number of piperidine rings is 1. The molecule has 1 amide bonds. The van der Waals surface area contributed by atoms with Crippen molar-refractivity contribution < 1.29 is 4.79 Å². The molecule has 0 unspecified atom stereocenters. The summed E-state index contributed by atoms with van der Waals surface area (Å²) in [4.78, 5) is 16.7. The zero-order valence-electron chi connectivity index (χ0n) is 13.0. The second-order valence-electron chi connectivity index (χ2n) is 5.49. The van der Waals surface area contributed by atoms with E-state index in [0.717, 1.165) is 58.7 Å². The third-order valence-corrected chi connectivity index (χ3v) is 3.81. The lowest BCUT2D eigenvalue weighted by Gasteiger charge is -2.35. The van der Waals surface area contributed by atoms with Crippen molar-refractivity contribution in [2.24, 2.45) is 5.92 Å². The molecular weight excluding hydrogens is 238 g/mol. The minimum Gasteiger partial charge on any atom is -0.340 e. The van der Waals surface area contributed by atoms with E-state index in [1.807, 2.05) is 4.90 Å². The van der Waals surface area contributed by atoms with Gasteiger partial charge in [0.2, 0.25) is 5.91 Å². The summed E-state index contributed by atoms with van der Waals surface area (Å²) in [7, 11) is 0. The Labute approximate surface area is 118 Å². The SMILES string of the molecule is CCC.CCN1CCC(C(=O)N2CCNCC2)CC1. The van der Waals surface area contributed by atoms with Gasteiger partial charge in [-0.2, -0.15) is 0 Å². The number of piperazine rings is 1. The van der Waals surface area contributed by atoms with E-state index in [0.29, 0.717) is 11.8 Å². The van der Waals surface area contributed by atoms with Gasteiger partial charge in [-0.15, -0.1) is 0 Å². The second-order valence-corrected chi connectivity index (χ2v) is 5.49. The molecule has 112 valence electrons. The first-order valence-electron chi connectivity index (χ1n) is 7.94. The number of rotatable bonds is 2. The zero-order valence-corrected chi connectivity index (χ0v) is 13.0. The summed E-state index contributed by atoms with van der Waals surface area (Å²) in [5.41, 5.74) is 0. The Hall–Kier alpha value is -0.610. The molecule has 0 bridgehead atoms. The van der Waals surface area contributed by atoms with Crippen LogP contribution in [0.4, 0.5) is 0 Å². The van der Waals surface area contributed by atoms with Gasteiger partial charge < -0.3 is 15.1 Å². The van der Waals surface area contributed by atoms with Gasteiger partial charge in [0.05, 0.1) is 0 Å². The molecule has 0 saturated carbocycles. The number of hydrogen-bond donors (Lipinski definition) is 1. The fraction of sp³-hybridized carbons (Fsp3) is 0.933. The van der Waals surface area contributed by atoms with Crippen molar-refractivity contribution in [3.05, 3.63) is 0 Å². The first-order valence-corrected chi connectivity index (χ1v) is 7.94. The molecule has 2 aliphatic rings. The number of amides is 1. The predicted octanol–water partition coefficient (Wildman–Crippen LogP) is 1.57. The highest BCUT2D eigenvalue weighted by Crippen LogP contribution is 2.19. The lowest BCUT2D eigenvalue weighted by atomic mass is 9.95. The Morgan fingerprint density at radius 2 is 1.58 bits per heavy atom. The number of nitrogens with zero attached hydrogens (tertiary/aromatic N) is 2. The monoisotopic (exact) mass is 269 g/mol. The third-order valence-electron chi connectivity index (χ3n) is 3.81. The molecule has 0 aromatic carbocycles. The number of nitrogens with one attached hydrogen (secondary N) is 1. The highest BCUT2D eigenvalue weighted by molar-refractivity contribution is 5.79. The van der Waals surface area contributed by atoms with Crippen LogP contribution in [0.3, 0.4) is 0 Å². The summed E-state index contributed by atoms with van der Waals surface area (Å²) in [6.45, 7) is 13.5. The predicted molar refractivity (Wildman–Crippen MR) is 80.3 cm³/mol. The van der Waals surface area contributed by atoms with Gasteiger partial charge in [0, 0.05) is 32.1 Å². The van der Waals surface area contributed by atoms with Crippen LogP contribution in [0.1, 0.15) is 40.0 Å². The Balaban J connectivity index is 0.000000550. The normalized spacial score (nSPS) is 21.7. The first kappa shape index (κ1) is 16.4. The van der Waals surface area contributed by atoms with E-state index in [4.69, 9.17) is 0 Å². The minimum atomic E-state index is 0.292. The lowest BCUT2D eigenvalue weighted by molar-refractivity contribution is -0.137. The van der Waals surface area contributed by atoms with E-state index in [1.165, 1.54) is 6.42 Å². The maximum atomic E-state index is 12.2. The number of carbonyl (C=O) groups excluding carboxylic acids is 1. The van der Waals surface area contributed by atoms with Gasteiger partial charge in [-0.1, -0.05) is 27.2 Å². The summed E-state index contributed by atoms with van der Waals surface area (Å²) >= 11 is 0. The van der Waals surface area contributed by atoms with Crippen LogP contribution in [0.25, 0.3) is 0 Å². The molecule has 2 saturated heterocycles. The van der Waals surface area contributed by atoms with Gasteiger partial charge in [-0.3, -0.25) is 4.79 Å². The first-order chi connectivity index (χ1) is 9.22. The topological polar surface area (TPSA) is 35.6 Å². The van der Waals surface area contributed by atoms with E-state index in [1.54, 1.807) is 0 Å². The van der Waals surface area contributed by atoms with Gasteiger partial charge >= 0.3 is 0 Å². The van der Waals surface area contributed by atoms with Crippen LogP contribution >= 0.6 is 0 Å². The number of carbonyl (C=O) groups is 1. The van der Waals surface area contributed by atoms with Crippen LogP contribution in [0.2, 0.25) is 0 Å². The zero-order chi connectivity index (χ0) is 14.1. The Morgan fingerprint density at radius 3 is 2.05 bits per heavy atom. The fourth-order valence-electron chi connectivity index (χ4n) is 2.64. The largest absolute Gasteiger partial charge is 0.340 e. The molecule has 0 spiro atoms. The summed E-state index contributed by atoms with van der Waals surface area (Å²) in [6, 6.07) is 0. The molecule has 4 nitrogen and oxygen atoms in total. The van der Waals surface area contributed by atoms with Crippen LogP contribution in [0, 0.1) is 5.92 Å². The number of hydrogen-bond acceptors (Lipinski definition) is 3. The molecule has 2 heterocycles. The Kier molecular flexibility index (Phi) is 8.07. The molecule has 2 aliphatic heterocycles. The van der Waals surface area contributed by atoms with Gasteiger partial charge in [-0.25, -0.2) is 0 Å². The van der Waals surface area contributed by atoms with Crippen LogP contribution in [0.5, 0.6) is 0 Å². The van der Waals surface area contributed by atoms with Crippen molar-refractivity contribution in [2.75, 3.05) is 45.8 Å². The van der Waals surface area contributed by atoms with Crippen molar-refractivity contribution in [3.63, 3.8) is 0 Å². The Bertz CT molecular complexity index is 244. The van der Waals surface area contributed by atoms with Crippen LogP contribution in [-0.2, 0) is 4.79 Å². The molecule has 19 heavy (non-hydrogen) atoms.